The Morgan fingerprint density at radius 2 is 1.78 bits per heavy atom. The van der Waals surface area contributed by atoms with Crippen LogP contribution in [0.4, 0.5) is 23.8 Å². The van der Waals surface area contributed by atoms with E-state index in [1.165, 1.54) is 11.9 Å². The van der Waals surface area contributed by atoms with E-state index < -0.39 is 37.3 Å². The zero-order valence-electron chi connectivity index (χ0n) is 20.6. The van der Waals surface area contributed by atoms with Gasteiger partial charge in [0.2, 0.25) is 5.91 Å². The molecule has 10 nitrogen and oxygen atoms in total. The summed E-state index contributed by atoms with van der Waals surface area (Å²) < 4.78 is 39.5. The smallest absolute Gasteiger partial charge is 0.382 e. The highest BCUT2D eigenvalue weighted by Crippen LogP contribution is 2.28. The molecule has 0 radical (unpaired) electrons. The lowest BCUT2D eigenvalue weighted by molar-refractivity contribution is -0.207. The average molecular weight is 508 g/mol. The van der Waals surface area contributed by atoms with Crippen LogP contribution in [0.2, 0.25) is 0 Å². The maximum absolute atomic E-state index is 13.1. The van der Waals surface area contributed by atoms with Crippen molar-refractivity contribution in [3.05, 3.63) is 36.9 Å². The molecule has 0 aliphatic heterocycles. The van der Waals surface area contributed by atoms with Crippen molar-refractivity contribution in [3.63, 3.8) is 0 Å². The molecule has 0 aromatic carbocycles. The molecular weight excluding hydrogens is 479 g/mol. The first-order valence-electron chi connectivity index (χ1n) is 11.1. The summed E-state index contributed by atoms with van der Waals surface area (Å²) in [7, 11) is 4.32. The number of hydrogen-bond donors (Lipinski definition) is 1. The van der Waals surface area contributed by atoms with E-state index in [1.807, 2.05) is 7.05 Å². The Hall–Kier alpha value is -3.74. The van der Waals surface area contributed by atoms with Crippen molar-refractivity contribution < 1.29 is 27.9 Å². The quantitative estimate of drug-likeness (QED) is 0.527. The standard InChI is InChI=1S/C23H28F3N7O3/c1-14(2)33(22(36)31(4)13-21(35)30(3)12-19(34)23(24,25)26)20-7-6-15(8-28-20)16-9-27-11-18-17(16)10-29-32(18)5/h6-11,14,19,34H,12-13H2,1-5H3/t19-/m1/s1. The molecule has 3 amide bonds. The summed E-state index contributed by atoms with van der Waals surface area (Å²) in [5.74, 6) is -0.413. The summed E-state index contributed by atoms with van der Waals surface area (Å²) in [4.78, 5) is 37.4. The second-order valence-corrected chi connectivity index (χ2v) is 8.73. The van der Waals surface area contributed by atoms with Crippen molar-refractivity contribution in [3.8, 4) is 11.1 Å². The highest BCUT2D eigenvalue weighted by atomic mass is 19.4. The normalized spacial score (nSPS) is 12.6. The minimum Gasteiger partial charge on any atom is -0.382 e. The summed E-state index contributed by atoms with van der Waals surface area (Å²) in [6.45, 7) is 2.14. The molecule has 0 saturated carbocycles. The maximum atomic E-state index is 13.1. The number of hydrogen-bond acceptors (Lipinski definition) is 6. The number of carbonyl (C=O) groups excluding carboxylic acids is 2. The molecule has 1 atom stereocenters. The number of carbonyl (C=O) groups is 2. The number of alkyl halides is 3. The largest absolute Gasteiger partial charge is 0.416 e. The molecular formula is C23H28F3N7O3. The second-order valence-electron chi connectivity index (χ2n) is 8.73. The fourth-order valence-corrected chi connectivity index (χ4v) is 3.60. The Morgan fingerprint density at radius 3 is 2.36 bits per heavy atom. The van der Waals surface area contributed by atoms with Crippen LogP contribution in [0.3, 0.4) is 0 Å². The van der Waals surface area contributed by atoms with E-state index in [2.05, 4.69) is 15.1 Å². The minimum atomic E-state index is -4.85. The molecule has 3 aromatic rings. The number of pyridine rings is 2. The highest BCUT2D eigenvalue weighted by molar-refractivity contribution is 5.95. The number of likely N-dealkylation sites (N-methyl/N-ethyl adjacent to an activating group) is 2. The van der Waals surface area contributed by atoms with Gasteiger partial charge < -0.3 is 14.9 Å². The summed E-state index contributed by atoms with van der Waals surface area (Å²) >= 11 is 0. The van der Waals surface area contributed by atoms with E-state index in [-0.39, 0.29) is 6.04 Å². The van der Waals surface area contributed by atoms with E-state index in [0.29, 0.717) is 5.82 Å². The molecule has 0 bridgehead atoms. The molecule has 0 aliphatic carbocycles. The average Bonchev–Trinajstić information content (AvgIpc) is 3.19. The predicted molar refractivity (Wildman–Crippen MR) is 127 cm³/mol. The van der Waals surface area contributed by atoms with Crippen molar-refractivity contribution >= 4 is 28.7 Å². The number of aliphatic hydroxyl groups excluding tert-OH is 1. The highest BCUT2D eigenvalue weighted by Gasteiger charge is 2.39. The number of aryl methyl sites for hydroxylation is 1. The summed E-state index contributed by atoms with van der Waals surface area (Å²) in [6, 6.07) is 2.58. The number of aliphatic hydroxyl groups is 1. The molecule has 3 heterocycles. The minimum absolute atomic E-state index is 0.332. The number of amides is 3. The summed E-state index contributed by atoms with van der Waals surface area (Å²) in [6.07, 6.45) is -0.751. The zero-order chi connectivity index (χ0) is 26.8. The van der Waals surface area contributed by atoms with Gasteiger partial charge in [-0.05, 0) is 26.0 Å². The van der Waals surface area contributed by atoms with Crippen molar-refractivity contribution in [2.75, 3.05) is 32.1 Å². The Balaban J connectivity index is 1.75. The first-order valence-corrected chi connectivity index (χ1v) is 11.1. The summed E-state index contributed by atoms with van der Waals surface area (Å²) in [5, 5.41) is 14.4. The van der Waals surface area contributed by atoms with Gasteiger partial charge in [-0.15, -0.1) is 0 Å². The lowest BCUT2D eigenvalue weighted by atomic mass is 10.1. The van der Waals surface area contributed by atoms with Gasteiger partial charge in [0.25, 0.3) is 0 Å². The van der Waals surface area contributed by atoms with Crippen LogP contribution < -0.4 is 4.90 Å². The van der Waals surface area contributed by atoms with Crippen LogP contribution in [0.1, 0.15) is 13.8 Å². The predicted octanol–water partition coefficient (Wildman–Crippen LogP) is 2.68. The van der Waals surface area contributed by atoms with E-state index in [1.54, 1.807) is 55.4 Å². The number of aromatic nitrogens is 4. The maximum Gasteiger partial charge on any atom is 0.416 e. The molecule has 1 N–H and O–H groups in total. The second kappa shape index (κ2) is 10.5. The van der Waals surface area contributed by atoms with Crippen LogP contribution in [0.25, 0.3) is 22.0 Å². The Morgan fingerprint density at radius 1 is 1.08 bits per heavy atom. The molecule has 3 rings (SSSR count). The molecule has 36 heavy (non-hydrogen) atoms. The molecule has 3 aromatic heterocycles. The third kappa shape index (κ3) is 5.73. The molecule has 0 saturated heterocycles. The van der Waals surface area contributed by atoms with Crippen LogP contribution in [-0.4, -0.2) is 92.1 Å². The van der Waals surface area contributed by atoms with Gasteiger partial charge in [-0.2, -0.15) is 18.3 Å². The topological polar surface area (TPSA) is 108 Å². The van der Waals surface area contributed by atoms with Crippen molar-refractivity contribution in [1.82, 2.24) is 29.5 Å². The fourth-order valence-electron chi connectivity index (χ4n) is 3.60. The lowest BCUT2D eigenvalue weighted by Crippen LogP contribution is -2.50. The zero-order valence-corrected chi connectivity index (χ0v) is 20.6. The fraction of sp³-hybridized carbons (Fsp3) is 0.435. The molecule has 0 spiro atoms. The molecule has 194 valence electrons. The Bertz CT molecular complexity index is 1230. The van der Waals surface area contributed by atoms with Gasteiger partial charge in [-0.25, -0.2) is 9.78 Å². The van der Waals surface area contributed by atoms with Gasteiger partial charge in [-0.3, -0.25) is 19.4 Å². The van der Waals surface area contributed by atoms with Crippen molar-refractivity contribution in [1.29, 1.82) is 0 Å². The third-order valence-electron chi connectivity index (χ3n) is 5.65. The lowest BCUT2D eigenvalue weighted by Gasteiger charge is -2.31. The van der Waals surface area contributed by atoms with Crippen LogP contribution in [0.5, 0.6) is 0 Å². The Kier molecular flexibility index (Phi) is 7.82. The Labute approximate surface area is 205 Å². The number of nitrogens with zero attached hydrogens (tertiary/aromatic N) is 7. The van der Waals surface area contributed by atoms with E-state index in [0.717, 1.165) is 38.9 Å². The van der Waals surface area contributed by atoms with Crippen LogP contribution >= 0.6 is 0 Å². The van der Waals surface area contributed by atoms with Gasteiger partial charge in [0.05, 0.1) is 24.5 Å². The molecule has 0 fully saturated rings. The van der Waals surface area contributed by atoms with Gasteiger partial charge in [0.15, 0.2) is 6.10 Å². The van der Waals surface area contributed by atoms with Gasteiger partial charge in [-0.1, -0.05) is 0 Å². The number of halogens is 3. The van der Waals surface area contributed by atoms with Gasteiger partial charge in [0, 0.05) is 56.1 Å². The monoisotopic (exact) mass is 507 g/mol. The summed E-state index contributed by atoms with van der Waals surface area (Å²) in [5.41, 5.74) is 2.46. The number of anilines is 1. The SMILES string of the molecule is CC(C)N(C(=O)N(C)CC(=O)N(C)C[C@@H](O)C(F)(F)F)c1ccc(-c2cncc3c2cnn3C)cn1. The third-order valence-corrected chi connectivity index (χ3v) is 5.65. The van der Waals surface area contributed by atoms with Gasteiger partial charge >= 0.3 is 12.2 Å². The molecule has 13 heteroatoms. The van der Waals surface area contributed by atoms with Crippen molar-refractivity contribution in [2.24, 2.45) is 7.05 Å². The van der Waals surface area contributed by atoms with Crippen molar-refractivity contribution in [2.45, 2.75) is 32.2 Å². The molecule has 0 unspecified atom stereocenters. The van der Waals surface area contributed by atoms with E-state index in [4.69, 9.17) is 0 Å². The van der Waals surface area contributed by atoms with Crippen LogP contribution in [-0.2, 0) is 11.8 Å². The number of rotatable bonds is 7. The van der Waals surface area contributed by atoms with Crippen LogP contribution in [0.15, 0.2) is 36.9 Å². The van der Waals surface area contributed by atoms with E-state index in [9.17, 15) is 27.9 Å². The van der Waals surface area contributed by atoms with Gasteiger partial charge in [0.1, 0.15) is 12.4 Å². The first-order chi connectivity index (χ1) is 16.8. The van der Waals surface area contributed by atoms with Crippen LogP contribution in [0, 0.1) is 0 Å². The number of fused-ring (bicyclic) bond motifs is 1. The number of urea groups is 1. The first kappa shape index (κ1) is 26.9. The van der Waals surface area contributed by atoms with E-state index >= 15 is 0 Å². The molecule has 0 aliphatic rings.